The molecule has 9 heteroatoms. The van der Waals surface area contributed by atoms with Crippen molar-refractivity contribution in [2.24, 2.45) is 0 Å². The topological polar surface area (TPSA) is 61.4 Å². The van der Waals surface area contributed by atoms with E-state index in [0.717, 1.165) is 17.7 Å². The molecule has 122 valence electrons. The molecule has 5 nitrogen and oxygen atoms in total. The van der Waals surface area contributed by atoms with Crippen molar-refractivity contribution in [3.63, 3.8) is 0 Å². The number of nitrogens with one attached hydrogen (secondary N) is 2. The molecule has 0 aromatic carbocycles. The summed E-state index contributed by atoms with van der Waals surface area (Å²) in [5, 5.41) is 5.46. The van der Waals surface area contributed by atoms with Gasteiger partial charge in [0, 0.05) is 17.5 Å². The lowest BCUT2D eigenvalue weighted by Gasteiger charge is -2.20. The molecule has 1 aromatic rings. The van der Waals surface area contributed by atoms with Crippen molar-refractivity contribution in [3.8, 4) is 0 Å². The molecule has 1 aliphatic rings. The van der Waals surface area contributed by atoms with Crippen LogP contribution in [0.2, 0.25) is 0 Å². The minimum absolute atomic E-state index is 0.0119. The fourth-order valence-corrected chi connectivity index (χ4v) is 2.66. The number of thiophene rings is 1. The maximum atomic E-state index is 12.0. The summed E-state index contributed by atoms with van der Waals surface area (Å²) < 4.78 is 35.9. The van der Waals surface area contributed by atoms with Crippen LogP contribution in [0.25, 0.3) is 0 Å². The van der Waals surface area contributed by atoms with Gasteiger partial charge in [0.15, 0.2) is 0 Å². The summed E-state index contributed by atoms with van der Waals surface area (Å²) in [6.07, 6.45) is -2.53. The molecule has 1 aliphatic carbocycles. The van der Waals surface area contributed by atoms with Crippen molar-refractivity contribution in [1.82, 2.24) is 15.5 Å². The fourth-order valence-electron chi connectivity index (χ4n) is 1.93. The van der Waals surface area contributed by atoms with E-state index in [-0.39, 0.29) is 6.54 Å². The lowest BCUT2D eigenvalue weighted by Crippen LogP contribution is -2.46. The van der Waals surface area contributed by atoms with Gasteiger partial charge in [0.2, 0.25) is 5.91 Å². The van der Waals surface area contributed by atoms with Crippen LogP contribution in [0.5, 0.6) is 0 Å². The number of urea groups is 1. The summed E-state index contributed by atoms with van der Waals surface area (Å²) in [5.41, 5.74) is 0. The summed E-state index contributed by atoms with van der Waals surface area (Å²) in [6.45, 7) is -0.879. The predicted molar refractivity (Wildman–Crippen MR) is 75.3 cm³/mol. The first kappa shape index (κ1) is 16.8. The number of amides is 3. The second-order valence-electron chi connectivity index (χ2n) is 5.06. The normalized spacial score (nSPS) is 14.9. The number of nitrogens with zero attached hydrogens (tertiary/aromatic N) is 1. The van der Waals surface area contributed by atoms with Gasteiger partial charge in [0.25, 0.3) is 0 Å². The van der Waals surface area contributed by atoms with Gasteiger partial charge in [-0.25, -0.2) is 4.79 Å². The molecule has 1 fully saturated rings. The number of alkyl halides is 3. The van der Waals surface area contributed by atoms with E-state index >= 15 is 0 Å². The van der Waals surface area contributed by atoms with Gasteiger partial charge in [-0.15, -0.1) is 11.3 Å². The van der Waals surface area contributed by atoms with Gasteiger partial charge in [-0.1, -0.05) is 6.07 Å². The number of carbonyl (C=O) groups excluding carboxylic acids is 2. The van der Waals surface area contributed by atoms with E-state index in [0.29, 0.717) is 12.6 Å². The van der Waals surface area contributed by atoms with Gasteiger partial charge >= 0.3 is 12.2 Å². The van der Waals surface area contributed by atoms with Crippen molar-refractivity contribution >= 4 is 23.3 Å². The molecule has 1 saturated carbocycles. The van der Waals surface area contributed by atoms with Crippen LogP contribution in [0.3, 0.4) is 0 Å². The van der Waals surface area contributed by atoms with Crippen LogP contribution < -0.4 is 10.6 Å². The highest BCUT2D eigenvalue weighted by Crippen LogP contribution is 2.28. The monoisotopic (exact) mass is 335 g/mol. The van der Waals surface area contributed by atoms with Gasteiger partial charge in [-0.3, -0.25) is 15.0 Å². The Morgan fingerprint density at radius 2 is 2.09 bits per heavy atom. The number of carbonyl (C=O) groups is 2. The van der Waals surface area contributed by atoms with Crippen molar-refractivity contribution in [2.75, 3.05) is 13.1 Å². The first-order valence-corrected chi connectivity index (χ1v) is 7.62. The molecule has 0 atom stereocenters. The summed E-state index contributed by atoms with van der Waals surface area (Å²) in [5.74, 6) is -0.608. The molecule has 2 N–H and O–H groups in total. The standard InChI is InChI=1S/C13H16F3N3O2S/c14-13(15,16)8-17-12(21)18-11(20)7-19(9-3-4-9)6-10-2-1-5-22-10/h1-2,5,9H,3-4,6-8H2,(H2,17,18,20,21). The molecule has 0 unspecified atom stereocenters. The molecular formula is C13H16F3N3O2S. The Morgan fingerprint density at radius 3 is 2.64 bits per heavy atom. The second-order valence-corrected chi connectivity index (χ2v) is 6.09. The second kappa shape index (κ2) is 7.10. The Balaban J connectivity index is 1.77. The highest BCUT2D eigenvalue weighted by Gasteiger charge is 2.31. The van der Waals surface area contributed by atoms with Gasteiger partial charge < -0.3 is 5.32 Å². The van der Waals surface area contributed by atoms with Crippen molar-refractivity contribution in [1.29, 1.82) is 0 Å². The third-order valence-corrected chi connectivity index (χ3v) is 3.91. The summed E-state index contributed by atoms with van der Waals surface area (Å²) in [7, 11) is 0. The van der Waals surface area contributed by atoms with E-state index in [1.54, 1.807) is 16.7 Å². The highest BCUT2D eigenvalue weighted by molar-refractivity contribution is 7.09. The molecule has 1 heterocycles. The van der Waals surface area contributed by atoms with Gasteiger partial charge in [0.1, 0.15) is 6.54 Å². The molecule has 0 spiro atoms. The van der Waals surface area contributed by atoms with Crippen LogP contribution in [-0.2, 0) is 11.3 Å². The number of imide groups is 1. The van der Waals surface area contributed by atoms with Crippen LogP contribution >= 0.6 is 11.3 Å². The zero-order valence-electron chi connectivity index (χ0n) is 11.7. The number of hydrogen-bond acceptors (Lipinski definition) is 4. The zero-order chi connectivity index (χ0) is 16.2. The van der Waals surface area contributed by atoms with E-state index in [2.05, 4.69) is 0 Å². The molecule has 0 saturated heterocycles. The summed E-state index contributed by atoms with van der Waals surface area (Å²) in [6, 6.07) is 3.03. The van der Waals surface area contributed by atoms with Crippen molar-refractivity contribution in [2.45, 2.75) is 31.6 Å². The van der Waals surface area contributed by atoms with Gasteiger partial charge in [-0.2, -0.15) is 13.2 Å². The molecule has 2 rings (SSSR count). The van der Waals surface area contributed by atoms with Gasteiger partial charge in [0.05, 0.1) is 6.54 Å². The van der Waals surface area contributed by atoms with E-state index < -0.39 is 24.7 Å². The Labute approximate surface area is 129 Å². The van der Waals surface area contributed by atoms with Crippen LogP contribution in [0.1, 0.15) is 17.7 Å². The first-order valence-electron chi connectivity index (χ1n) is 6.74. The van der Waals surface area contributed by atoms with Gasteiger partial charge in [-0.05, 0) is 24.3 Å². The zero-order valence-corrected chi connectivity index (χ0v) is 12.5. The average Bonchev–Trinajstić information content (AvgIpc) is 3.14. The third kappa shape index (κ3) is 6.02. The highest BCUT2D eigenvalue weighted by atomic mass is 32.1. The lowest BCUT2D eigenvalue weighted by molar-refractivity contribution is -0.125. The summed E-state index contributed by atoms with van der Waals surface area (Å²) in [4.78, 5) is 26.0. The smallest absolute Gasteiger partial charge is 0.329 e. The fraction of sp³-hybridized carbons (Fsp3) is 0.538. The largest absolute Gasteiger partial charge is 0.405 e. The van der Waals surface area contributed by atoms with Crippen LogP contribution in [0.4, 0.5) is 18.0 Å². The van der Waals surface area contributed by atoms with Crippen LogP contribution in [-0.4, -0.2) is 42.1 Å². The molecular weight excluding hydrogens is 319 g/mol. The first-order chi connectivity index (χ1) is 10.3. The van der Waals surface area contributed by atoms with E-state index in [1.165, 1.54) is 0 Å². The third-order valence-electron chi connectivity index (χ3n) is 3.05. The average molecular weight is 335 g/mol. The molecule has 0 radical (unpaired) electrons. The minimum atomic E-state index is -4.50. The summed E-state index contributed by atoms with van der Waals surface area (Å²) >= 11 is 1.57. The van der Waals surface area contributed by atoms with E-state index in [1.807, 2.05) is 27.7 Å². The van der Waals surface area contributed by atoms with Crippen molar-refractivity contribution < 1.29 is 22.8 Å². The quantitative estimate of drug-likeness (QED) is 0.837. The maximum Gasteiger partial charge on any atom is 0.405 e. The molecule has 0 bridgehead atoms. The minimum Gasteiger partial charge on any atom is -0.329 e. The SMILES string of the molecule is O=C(CN(Cc1cccs1)C1CC1)NC(=O)NCC(F)(F)F. The Bertz CT molecular complexity index is 515. The molecule has 3 amide bonds. The molecule has 1 aromatic heterocycles. The van der Waals surface area contributed by atoms with Crippen molar-refractivity contribution in [3.05, 3.63) is 22.4 Å². The van der Waals surface area contributed by atoms with E-state index in [9.17, 15) is 22.8 Å². The maximum absolute atomic E-state index is 12.0. The number of hydrogen-bond donors (Lipinski definition) is 2. The Kier molecular flexibility index (Phi) is 5.41. The van der Waals surface area contributed by atoms with Crippen LogP contribution in [0, 0.1) is 0 Å². The molecule has 22 heavy (non-hydrogen) atoms. The van der Waals surface area contributed by atoms with Crippen LogP contribution in [0.15, 0.2) is 17.5 Å². The Morgan fingerprint density at radius 1 is 1.36 bits per heavy atom. The number of rotatable bonds is 6. The lowest BCUT2D eigenvalue weighted by atomic mass is 10.3. The van der Waals surface area contributed by atoms with E-state index in [4.69, 9.17) is 0 Å². The number of halogens is 3. The predicted octanol–water partition coefficient (Wildman–Crippen LogP) is 2.10. The Hall–Kier alpha value is -1.61. The molecule has 0 aliphatic heterocycles.